The zero-order chi connectivity index (χ0) is 20.9. The minimum atomic E-state index is 0.0935. The third kappa shape index (κ3) is 3.11. The maximum Gasteiger partial charge on any atom is 0.220 e. The molecule has 3 nitrogen and oxygen atoms in total. The summed E-state index contributed by atoms with van der Waals surface area (Å²) in [7, 11) is 0. The Labute approximate surface area is 176 Å². The number of hydrogen-bond acceptors (Lipinski definition) is 2. The van der Waals surface area contributed by atoms with Gasteiger partial charge >= 0.3 is 0 Å². The van der Waals surface area contributed by atoms with Crippen molar-refractivity contribution < 1.29 is 4.42 Å². The smallest absolute Gasteiger partial charge is 0.220 e. The zero-order valence-corrected chi connectivity index (χ0v) is 17.9. The first-order valence-electron chi connectivity index (χ1n) is 10.5. The lowest BCUT2D eigenvalue weighted by Crippen LogP contribution is -2.10. The van der Waals surface area contributed by atoms with Gasteiger partial charge in [0.1, 0.15) is 5.52 Å². The number of para-hydroxylation sites is 1. The first kappa shape index (κ1) is 18.7. The molecule has 0 aliphatic rings. The lowest BCUT2D eigenvalue weighted by atomic mass is 9.87. The molecule has 5 aromatic rings. The summed E-state index contributed by atoms with van der Waals surface area (Å²) in [6.45, 7) is 9.78. The standard InChI is InChI=1S/C27H26N2O/c1-5-29-23-9-7-6-8-20(23)21-16-18(10-13-24(21)29)11-15-26-28-22-17-19(27(2,3)4)12-14-25(22)30-26/h6-17H,5H2,1-4H3/b15-11+. The van der Waals surface area contributed by atoms with Gasteiger partial charge in [0, 0.05) is 34.4 Å². The lowest BCUT2D eigenvalue weighted by Gasteiger charge is -2.18. The molecule has 30 heavy (non-hydrogen) atoms. The van der Waals surface area contributed by atoms with Crippen LogP contribution < -0.4 is 0 Å². The second-order valence-electron chi connectivity index (χ2n) is 8.86. The van der Waals surface area contributed by atoms with Gasteiger partial charge < -0.3 is 8.98 Å². The predicted molar refractivity (Wildman–Crippen MR) is 127 cm³/mol. The molecule has 0 atom stereocenters. The van der Waals surface area contributed by atoms with E-state index in [1.165, 1.54) is 27.4 Å². The Morgan fingerprint density at radius 2 is 1.70 bits per heavy atom. The van der Waals surface area contributed by atoms with Gasteiger partial charge in [0.25, 0.3) is 0 Å². The van der Waals surface area contributed by atoms with E-state index in [4.69, 9.17) is 4.42 Å². The number of aromatic nitrogens is 2. The quantitative estimate of drug-likeness (QED) is 0.319. The van der Waals surface area contributed by atoms with E-state index >= 15 is 0 Å². The maximum absolute atomic E-state index is 5.93. The highest BCUT2D eigenvalue weighted by molar-refractivity contribution is 6.08. The molecule has 0 N–H and O–H groups in total. The van der Waals surface area contributed by atoms with E-state index in [0.717, 1.165) is 23.2 Å². The molecular formula is C27H26N2O. The summed E-state index contributed by atoms with van der Waals surface area (Å²) in [4.78, 5) is 4.67. The first-order valence-corrected chi connectivity index (χ1v) is 10.5. The van der Waals surface area contributed by atoms with Gasteiger partial charge in [-0.15, -0.1) is 0 Å². The molecule has 150 valence electrons. The molecule has 0 saturated carbocycles. The second-order valence-corrected chi connectivity index (χ2v) is 8.86. The molecule has 2 heterocycles. The van der Waals surface area contributed by atoms with Gasteiger partial charge in [-0.25, -0.2) is 4.98 Å². The number of fused-ring (bicyclic) bond motifs is 4. The van der Waals surface area contributed by atoms with Crippen LogP contribution in [0.2, 0.25) is 0 Å². The van der Waals surface area contributed by atoms with Crippen LogP contribution >= 0.6 is 0 Å². The molecule has 3 aromatic carbocycles. The summed E-state index contributed by atoms with van der Waals surface area (Å²) in [6, 6.07) is 21.5. The van der Waals surface area contributed by atoms with E-state index in [1.807, 2.05) is 12.1 Å². The fourth-order valence-corrected chi connectivity index (χ4v) is 4.17. The Bertz CT molecular complexity index is 1410. The van der Waals surface area contributed by atoms with Crippen LogP contribution in [0.5, 0.6) is 0 Å². The molecule has 0 aliphatic heterocycles. The molecule has 0 unspecified atom stereocenters. The van der Waals surface area contributed by atoms with Crippen LogP contribution in [0.4, 0.5) is 0 Å². The topological polar surface area (TPSA) is 31.0 Å². The summed E-state index contributed by atoms with van der Waals surface area (Å²) in [5.41, 5.74) is 6.77. The van der Waals surface area contributed by atoms with Gasteiger partial charge in [0.2, 0.25) is 5.89 Å². The van der Waals surface area contributed by atoms with Crippen molar-refractivity contribution in [2.24, 2.45) is 0 Å². The number of hydrogen-bond donors (Lipinski definition) is 0. The van der Waals surface area contributed by atoms with Gasteiger partial charge in [0.05, 0.1) is 0 Å². The van der Waals surface area contributed by atoms with Crippen molar-refractivity contribution in [3.8, 4) is 0 Å². The first-order chi connectivity index (χ1) is 14.4. The largest absolute Gasteiger partial charge is 0.437 e. The van der Waals surface area contributed by atoms with Crippen molar-refractivity contribution in [1.82, 2.24) is 9.55 Å². The Morgan fingerprint density at radius 1 is 0.900 bits per heavy atom. The normalized spacial score (nSPS) is 12.7. The lowest BCUT2D eigenvalue weighted by molar-refractivity contribution is 0.585. The van der Waals surface area contributed by atoms with E-state index in [1.54, 1.807) is 0 Å². The summed E-state index contributed by atoms with van der Waals surface area (Å²) in [6.07, 6.45) is 4.03. The van der Waals surface area contributed by atoms with Gasteiger partial charge in [0.15, 0.2) is 5.58 Å². The van der Waals surface area contributed by atoms with Crippen LogP contribution in [0.25, 0.3) is 45.1 Å². The monoisotopic (exact) mass is 394 g/mol. The average Bonchev–Trinajstić information content (AvgIpc) is 3.29. The van der Waals surface area contributed by atoms with Crippen LogP contribution in [0, 0.1) is 0 Å². The molecule has 3 heteroatoms. The molecule has 0 amide bonds. The van der Waals surface area contributed by atoms with E-state index in [0.29, 0.717) is 5.89 Å². The molecule has 5 rings (SSSR count). The van der Waals surface area contributed by atoms with Crippen molar-refractivity contribution in [3.63, 3.8) is 0 Å². The van der Waals surface area contributed by atoms with Crippen molar-refractivity contribution in [2.75, 3.05) is 0 Å². The Morgan fingerprint density at radius 3 is 2.50 bits per heavy atom. The molecule has 2 aromatic heterocycles. The summed E-state index contributed by atoms with van der Waals surface area (Å²) in [5.74, 6) is 0.632. The van der Waals surface area contributed by atoms with Crippen LogP contribution in [0.15, 0.2) is 65.1 Å². The summed E-state index contributed by atoms with van der Waals surface area (Å²) >= 11 is 0. The molecule has 0 aliphatic carbocycles. The molecule has 0 saturated heterocycles. The molecule has 0 radical (unpaired) electrons. The van der Waals surface area contributed by atoms with Crippen LogP contribution in [-0.2, 0) is 12.0 Å². The van der Waals surface area contributed by atoms with Gasteiger partial charge in [-0.3, -0.25) is 0 Å². The van der Waals surface area contributed by atoms with Gasteiger partial charge in [-0.2, -0.15) is 0 Å². The van der Waals surface area contributed by atoms with Crippen molar-refractivity contribution >= 4 is 45.1 Å². The average molecular weight is 395 g/mol. The highest BCUT2D eigenvalue weighted by Gasteiger charge is 2.15. The summed E-state index contributed by atoms with van der Waals surface area (Å²) in [5, 5.41) is 2.57. The van der Waals surface area contributed by atoms with Crippen molar-refractivity contribution in [3.05, 3.63) is 77.7 Å². The third-order valence-electron chi connectivity index (χ3n) is 5.80. The van der Waals surface area contributed by atoms with E-state index in [2.05, 4.69) is 97.9 Å². The Kier molecular flexibility index (Phi) is 4.28. The number of rotatable bonds is 3. The van der Waals surface area contributed by atoms with Crippen LogP contribution in [-0.4, -0.2) is 9.55 Å². The van der Waals surface area contributed by atoms with Crippen LogP contribution in [0.3, 0.4) is 0 Å². The van der Waals surface area contributed by atoms with Gasteiger partial charge in [-0.1, -0.05) is 51.1 Å². The van der Waals surface area contributed by atoms with E-state index in [-0.39, 0.29) is 5.41 Å². The Balaban J connectivity index is 1.53. The fraction of sp³-hybridized carbons (Fsp3) is 0.222. The second kappa shape index (κ2) is 6.88. The third-order valence-corrected chi connectivity index (χ3v) is 5.80. The number of aryl methyl sites for hydroxylation is 1. The maximum atomic E-state index is 5.93. The molecule has 0 spiro atoms. The fourth-order valence-electron chi connectivity index (χ4n) is 4.17. The SMILES string of the molecule is CCn1c2ccccc2c2cc(/C=C/c3nc4cc(C(C)(C)C)ccc4o3)ccc21. The molecule has 0 fully saturated rings. The highest BCUT2D eigenvalue weighted by atomic mass is 16.3. The van der Waals surface area contributed by atoms with Crippen LogP contribution in [0.1, 0.15) is 44.7 Å². The molecule has 0 bridgehead atoms. The minimum absolute atomic E-state index is 0.0935. The minimum Gasteiger partial charge on any atom is -0.437 e. The molecular weight excluding hydrogens is 368 g/mol. The Hall–Kier alpha value is -3.33. The van der Waals surface area contributed by atoms with E-state index in [9.17, 15) is 0 Å². The number of benzene rings is 3. The number of nitrogens with zero attached hydrogens (tertiary/aromatic N) is 2. The van der Waals surface area contributed by atoms with Crippen molar-refractivity contribution in [2.45, 2.75) is 39.7 Å². The highest BCUT2D eigenvalue weighted by Crippen LogP contribution is 2.30. The predicted octanol–water partition coefficient (Wildman–Crippen LogP) is 7.42. The zero-order valence-electron chi connectivity index (χ0n) is 17.9. The van der Waals surface area contributed by atoms with E-state index < -0.39 is 0 Å². The summed E-state index contributed by atoms with van der Waals surface area (Å²) < 4.78 is 8.30. The number of oxazole rings is 1. The van der Waals surface area contributed by atoms with Crippen molar-refractivity contribution in [1.29, 1.82) is 0 Å². The van der Waals surface area contributed by atoms with Gasteiger partial charge in [-0.05, 0) is 59.9 Å².